The van der Waals surface area contributed by atoms with E-state index in [2.05, 4.69) is 47.6 Å². The fraction of sp³-hybridized carbons (Fsp3) is 0.133. The van der Waals surface area contributed by atoms with Crippen molar-refractivity contribution in [1.82, 2.24) is 4.98 Å². The number of fused-ring (bicyclic) bond motifs is 2. The molecule has 0 radical (unpaired) electrons. The van der Waals surface area contributed by atoms with Gasteiger partial charge in [0.05, 0.1) is 11.0 Å². The Balaban J connectivity index is 0.000000224. The second-order valence-electron chi connectivity index (χ2n) is 4.60. The minimum atomic E-state index is -5.84. The topological polar surface area (TPSA) is 67.3 Å². The molecule has 0 fully saturated rings. The van der Waals surface area contributed by atoms with E-state index in [9.17, 15) is 13.2 Å². The highest BCUT2D eigenvalue weighted by atomic mass is 32.2. The Hall–Kier alpha value is -1.84. The minimum Gasteiger partial charge on any atom is -0.279 e. The van der Waals surface area contributed by atoms with Crippen molar-refractivity contribution in [2.75, 3.05) is 6.26 Å². The number of thioether (sulfide) groups is 1. The Morgan fingerprint density at radius 2 is 1.33 bits per heavy atom. The zero-order valence-corrected chi connectivity index (χ0v) is 13.9. The first-order valence-corrected chi connectivity index (χ1v) is 9.17. The van der Waals surface area contributed by atoms with Crippen molar-refractivity contribution in [2.45, 2.75) is 10.4 Å². The van der Waals surface area contributed by atoms with Crippen molar-refractivity contribution in [3.8, 4) is 0 Å². The predicted octanol–water partition coefficient (Wildman–Crippen LogP) is 4.50. The third-order valence-corrected chi connectivity index (χ3v) is 4.47. The van der Waals surface area contributed by atoms with Gasteiger partial charge in [-0.15, -0.1) is 11.8 Å². The standard InChI is InChI=1S/C14H11NS.CHF3O3S/c1-16-14-10-6-2-4-8-12(10)15-13-9-5-3-7-11(13)14;2-1(3,4)8(5,6)7/h2-9H,1H3;(H,5,6,7). The van der Waals surface area contributed by atoms with Gasteiger partial charge in [0.15, 0.2) is 0 Å². The molecule has 0 saturated carbocycles. The van der Waals surface area contributed by atoms with E-state index in [0.29, 0.717) is 0 Å². The molecule has 3 rings (SSSR count). The Morgan fingerprint density at radius 3 is 1.67 bits per heavy atom. The maximum absolute atomic E-state index is 10.7. The molecule has 0 bridgehead atoms. The highest BCUT2D eigenvalue weighted by Gasteiger charge is 2.44. The van der Waals surface area contributed by atoms with Gasteiger partial charge in [-0.1, -0.05) is 36.4 Å². The van der Waals surface area contributed by atoms with Crippen LogP contribution in [-0.2, 0) is 10.1 Å². The lowest BCUT2D eigenvalue weighted by Gasteiger charge is -2.07. The molecule has 2 aromatic carbocycles. The average molecular weight is 375 g/mol. The number of nitrogens with zero attached hydrogens (tertiary/aromatic N) is 1. The number of halogens is 3. The number of para-hydroxylation sites is 2. The smallest absolute Gasteiger partial charge is 0.279 e. The second kappa shape index (κ2) is 6.96. The maximum atomic E-state index is 10.7. The van der Waals surface area contributed by atoms with Crippen LogP contribution in [0, 0.1) is 0 Å². The molecular weight excluding hydrogens is 363 g/mol. The van der Waals surface area contributed by atoms with E-state index in [1.165, 1.54) is 15.7 Å². The molecule has 0 amide bonds. The largest absolute Gasteiger partial charge is 0.522 e. The van der Waals surface area contributed by atoms with Gasteiger partial charge in [-0.2, -0.15) is 21.6 Å². The molecule has 0 aliphatic carbocycles. The van der Waals surface area contributed by atoms with E-state index in [0.717, 1.165) is 11.0 Å². The van der Waals surface area contributed by atoms with Crippen molar-refractivity contribution in [1.29, 1.82) is 0 Å². The van der Waals surface area contributed by atoms with Crippen LogP contribution in [0.1, 0.15) is 0 Å². The quantitative estimate of drug-likeness (QED) is 0.293. The van der Waals surface area contributed by atoms with Crippen molar-refractivity contribution < 1.29 is 26.1 Å². The van der Waals surface area contributed by atoms with Gasteiger partial charge >= 0.3 is 15.6 Å². The molecule has 1 heterocycles. The Morgan fingerprint density at radius 1 is 0.958 bits per heavy atom. The number of benzene rings is 2. The molecule has 24 heavy (non-hydrogen) atoms. The molecular formula is C15H12F3NO3S2. The van der Waals surface area contributed by atoms with Crippen molar-refractivity contribution in [2.24, 2.45) is 0 Å². The molecule has 0 spiro atoms. The van der Waals surface area contributed by atoms with Crippen LogP contribution in [0.25, 0.3) is 21.8 Å². The van der Waals surface area contributed by atoms with E-state index in [1.54, 1.807) is 11.8 Å². The third-order valence-electron chi connectivity index (χ3n) is 3.03. The molecule has 0 unspecified atom stereocenters. The van der Waals surface area contributed by atoms with Crippen LogP contribution in [0.3, 0.4) is 0 Å². The summed E-state index contributed by atoms with van der Waals surface area (Å²) in [5, 5.41) is 2.49. The van der Waals surface area contributed by atoms with Crippen LogP contribution < -0.4 is 0 Å². The second-order valence-corrected chi connectivity index (χ2v) is 6.83. The highest BCUT2D eigenvalue weighted by Crippen LogP contribution is 2.32. The number of rotatable bonds is 1. The zero-order valence-electron chi connectivity index (χ0n) is 12.3. The first-order valence-electron chi connectivity index (χ1n) is 6.50. The van der Waals surface area contributed by atoms with E-state index < -0.39 is 15.6 Å². The summed E-state index contributed by atoms with van der Waals surface area (Å²) in [6.07, 6.45) is 2.12. The molecule has 0 aliphatic rings. The summed E-state index contributed by atoms with van der Waals surface area (Å²) in [5.41, 5.74) is -3.39. The van der Waals surface area contributed by atoms with Gasteiger partial charge in [-0.3, -0.25) is 4.55 Å². The summed E-state index contributed by atoms with van der Waals surface area (Å²) in [4.78, 5) is 5.99. The van der Waals surface area contributed by atoms with Gasteiger partial charge in [0.1, 0.15) is 0 Å². The van der Waals surface area contributed by atoms with Gasteiger partial charge in [0.25, 0.3) is 0 Å². The van der Waals surface area contributed by atoms with Crippen LogP contribution in [-0.4, -0.2) is 29.7 Å². The van der Waals surface area contributed by atoms with Crippen LogP contribution in [0.5, 0.6) is 0 Å². The molecule has 4 nitrogen and oxygen atoms in total. The van der Waals surface area contributed by atoms with Gasteiger partial charge < -0.3 is 0 Å². The maximum Gasteiger partial charge on any atom is 0.522 e. The summed E-state index contributed by atoms with van der Waals surface area (Å²) < 4.78 is 57.5. The van der Waals surface area contributed by atoms with Crippen LogP contribution in [0.15, 0.2) is 53.4 Å². The van der Waals surface area contributed by atoms with Gasteiger partial charge in [0.2, 0.25) is 0 Å². The molecule has 1 N–H and O–H groups in total. The van der Waals surface area contributed by atoms with Gasteiger partial charge in [-0.05, 0) is 18.4 Å². The van der Waals surface area contributed by atoms with E-state index in [1.807, 2.05) is 12.1 Å². The highest BCUT2D eigenvalue weighted by molar-refractivity contribution is 7.99. The monoisotopic (exact) mass is 375 g/mol. The zero-order chi connectivity index (χ0) is 18.0. The van der Waals surface area contributed by atoms with Crippen LogP contribution >= 0.6 is 11.8 Å². The van der Waals surface area contributed by atoms with E-state index >= 15 is 0 Å². The minimum absolute atomic E-state index is 1.07. The Labute approximate surface area is 140 Å². The molecule has 9 heteroatoms. The molecule has 0 aliphatic heterocycles. The molecule has 3 aromatic rings. The molecule has 1 aromatic heterocycles. The van der Waals surface area contributed by atoms with Crippen LogP contribution in [0.4, 0.5) is 13.2 Å². The SMILES string of the molecule is CSc1c2ccccc2nc2ccccc12.O=S(=O)(O)C(F)(F)F. The summed E-state index contributed by atoms with van der Waals surface area (Å²) in [6, 6.07) is 16.6. The van der Waals surface area contributed by atoms with Gasteiger partial charge in [-0.25, -0.2) is 4.98 Å². The van der Waals surface area contributed by atoms with E-state index in [-0.39, 0.29) is 0 Å². The lowest BCUT2D eigenvalue weighted by molar-refractivity contribution is -0.0510. The predicted molar refractivity (Wildman–Crippen MR) is 88.6 cm³/mol. The first-order chi connectivity index (χ1) is 11.1. The van der Waals surface area contributed by atoms with E-state index in [4.69, 9.17) is 13.0 Å². The lowest BCUT2D eigenvalue weighted by atomic mass is 10.1. The number of aromatic nitrogens is 1. The number of pyridine rings is 1. The third kappa shape index (κ3) is 3.97. The van der Waals surface area contributed by atoms with Crippen molar-refractivity contribution in [3.63, 3.8) is 0 Å². The van der Waals surface area contributed by atoms with Crippen molar-refractivity contribution in [3.05, 3.63) is 48.5 Å². The molecule has 0 saturated heterocycles. The fourth-order valence-electron chi connectivity index (χ4n) is 2.02. The van der Waals surface area contributed by atoms with Crippen molar-refractivity contribution >= 4 is 43.7 Å². The normalized spacial score (nSPS) is 12.0. The number of alkyl halides is 3. The molecule has 128 valence electrons. The van der Waals surface area contributed by atoms with Crippen LogP contribution in [0.2, 0.25) is 0 Å². The molecule has 0 atom stereocenters. The van der Waals surface area contributed by atoms with Gasteiger partial charge in [0, 0.05) is 15.7 Å². The first kappa shape index (κ1) is 18.5. The Bertz CT molecular complexity index is 919. The summed E-state index contributed by atoms with van der Waals surface area (Å²) in [6.45, 7) is 0. The number of hydrogen-bond donors (Lipinski definition) is 1. The number of hydrogen-bond acceptors (Lipinski definition) is 4. The average Bonchev–Trinajstić information content (AvgIpc) is 2.51. The summed E-state index contributed by atoms with van der Waals surface area (Å²) in [5.74, 6) is 0. The lowest BCUT2D eigenvalue weighted by Crippen LogP contribution is -2.21. The summed E-state index contributed by atoms with van der Waals surface area (Å²) in [7, 11) is -5.84. The Kier molecular flexibility index (Phi) is 5.36. The fourth-order valence-corrected chi connectivity index (χ4v) is 2.81. The summed E-state index contributed by atoms with van der Waals surface area (Å²) >= 11 is 1.79.